The van der Waals surface area contributed by atoms with Crippen LogP contribution in [0.2, 0.25) is 0 Å². The molecule has 0 amide bonds. The van der Waals surface area contributed by atoms with Crippen molar-refractivity contribution in [3.63, 3.8) is 0 Å². The lowest BCUT2D eigenvalue weighted by atomic mass is 10.2. The molecule has 2 aromatic rings. The molecule has 0 saturated heterocycles. The fourth-order valence-corrected chi connectivity index (χ4v) is 1.40. The molecule has 0 unspecified atom stereocenters. The Kier molecular flexibility index (Phi) is 2.17. The molecule has 0 radical (unpaired) electrons. The summed E-state index contributed by atoms with van der Waals surface area (Å²) in [6.07, 6.45) is 2.24. The fourth-order valence-electron chi connectivity index (χ4n) is 1.40. The SMILES string of the molecule is O=CCn1ncc2cc([N+](=O)[O-])ccc21. The molecule has 0 atom stereocenters. The molecule has 15 heavy (non-hydrogen) atoms. The summed E-state index contributed by atoms with van der Waals surface area (Å²) in [5.74, 6) is 0. The van der Waals surface area contributed by atoms with Gasteiger partial charge in [0.15, 0.2) is 0 Å². The number of aldehydes is 1. The zero-order chi connectivity index (χ0) is 10.8. The van der Waals surface area contributed by atoms with Crippen molar-refractivity contribution < 1.29 is 9.72 Å². The number of nitro benzene ring substituents is 1. The number of non-ortho nitro benzene ring substituents is 1. The van der Waals surface area contributed by atoms with Gasteiger partial charge < -0.3 is 4.79 Å². The van der Waals surface area contributed by atoms with Crippen molar-refractivity contribution in [2.75, 3.05) is 0 Å². The number of hydrogen-bond donors (Lipinski definition) is 0. The summed E-state index contributed by atoms with van der Waals surface area (Å²) in [7, 11) is 0. The number of benzene rings is 1. The Balaban J connectivity index is 2.56. The standard InChI is InChI=1S/C9H7N3O3/c13-4-3-11-9-2-1-8(12(14)15)5-7(9)6-10-11/h1-2,4-6H,3H2. The van der Waals surface area contributed by atoms with Crippen LogP contribution in [0.3, 0.4) is 0 Å². The first-order valence-corrected chi connectivity index (χ1v) is 4.26. The zero-order valence-corrected chi connectivity index (χ0v) is 7.66. The van der Waals surface area contributed by atoms with Gasteiger partial charge in [0.2, 0.25) is 0 Å². The number of rotatable bonds is 3. The topological polar surface area (TPSA) is 78.0 Å². The summed E-state index contributed by atoms with van der Waals surface area (Å²) in [5, 5.41) is 15.1. The van der Waals surface area contributed by atoms with Crippen molar-refractivity contribution >= 4 is 22.9 Å². The molecule has 1 heterocycles. The van der Waals surface area contributed by atoms with Crippen LogP contribution in [0.1, 0.15) is 0 Å². The number of carbonyl (C=O) groups is 1. The van der Waals surface area contributed by atoms with Gasteiger partial charge >= 0.3 is 0 Å². The monoisotopic (exact) mass is 205 g/mol. The molecule has 0 bridgehead atoms. The van der Waals surface area contributed by atoms with E-state index in [1.807, 2.05) is 0 Å². The molecule has 0 aliphatic carbocycles. The molecule has 0 N–H and O–H groups in total. The van der Waals surface area contributed by atoms with Gasteiger partial charge in [-0.3, -0.25) is 14.8 Å². The summed E-state index contributed by atoms with van der Waals surface area (Å²) in [6, 6.07) is 4.42. The summed E-state index contributed by atoms with van der Waals surface area (Å²) >= 11 is 0. The molecule has 2 rings (SSSR count). The maximum atomic E-state index is 10.5. The summed E-state index contributed by atoms with van der Waals surface area (Å²) in [5.41, 5.74) is 0.737. The molecule has 0 aliphatic heterocycles. The fraction of sp³-hybridized carbons (Fsp3) is 0.111. The van der Waals surface area contributed by atoms with E-state index in [4.69, 9.17) is 0 Å². The minimum atomic E-state index is -0.462. The van der Waals surface area contributed by atoms with Gasteiger partial charge in [-0.2, -0.15) is 5.10 Å². The zero-order valence-electron chi connectivity index (χ0n) is 7.66. The summed E-state index contributed by atoms with van der Waals surface area (Å²) < 4.78 is 1.49. The lowest BCUT2D eigenvalue weighted by molar-refractivity contribution is -0.384. The van der Waals surface area contributed by atoms with E-state index in [2.05, 4.69) is 5.10 Å². The van der Waals surface area contributed by atoms with Crippen LogP contribution >= 0.6 is 0 Å². The third-order valence-corrected chi connectivity index (χ3v) is 2.08. The molecular weight excluding hydrogens is 198 g/mol. The Morgan fingerprint density at radius 2 is 2.33 bits per heavy atom. The lowest BCUT2D eigenvalue weighted by Gasteiger charge is -1.96. The maximum absolute atomic E-state index is 10.5. The van der Waals surface area contributed by atoms with E-state index < -0.39 is 4.92 Å². The first kappa shape index (κ1) is 9.32. The molecule has 76 valence electrons. The number of nitro groups is 1. The average molecular weight is 205 g/mol. The molecule has 0 fully saturated rings. The highest BCUT2D eigenvalue weighted by Gasteiger charge is 2.08. The molecule has 6 nitrogen and oxygen atoms in total. The number of aromatic nitrogens is 2. The van der Waals surface area contributed by atoms with Crippen LogP contribution < -0.4 is 0 Å². The van der Waals surface area contributed by atoms with Crippen molar-refractivity contribution in [2.24, 2.45) is 0 Å². The molecule has 1 aromatic carbocycles. The second-order valence-corrected chi connectivity index (χ2v) is 2.99. The van der Waals surface area contributed by atoms with E-state index in [0.29, 0.717) is 10.9 Å². The van der Waals surface area contributed by atoms with E-state index in [-0.39, 0.29) is 12.2 Å². The van der Waals surface area contributed by atoms with Crippen LogP contribution in [-0.4, -0.2) is 21.0 Å². The van der Waals surface area contributed by atoms with Crippen LogP contribution in [0.15, 0.2) is 24.4 Å². The molecule has 1 aromatic heterocycles. The van der Waals surface area contributed by atoms with Crippen molar-refractivity contribution in [1.82, 2.24) is 9.78 Å². The van der Waals surface area contributed by atoms with E-state index in [9.17, 15) is 14.9 Å². The van der Waals surface area contributed by atoms with Crippen molar-refractivity contribution in [3.8, 4) is 0 Å². The molecule has 0 aliphatic rings. The molecular formula is C9H7N3O3. The summed E-state index contributed by atoms with van der Waals surface area (Å²) in [6.45, 7) is 0.154. The van der Waals surface area contributed by atoms with Gasteiger partial charge in [0, 0.05) is 17.5 Å². The first-order chi connectivity index (χ1) is 7.22. The van der Waals surface area contributed by atoms with Crippen LogP contribution in [0.25, 0.3) is 10.9 Å². The van der Waals surface area contributed by atoms with Gasteiger partial charge in [0.25, 0.3) is 5.69 Å². The van der Waals surface area contributed by atoms with Crippen LogP contribution in [0, 0.1) is 10.1 Å². The number of carbonyl (C=O) groups excluding carboxylic acids is 1. The minimum absolute atomic E-state index is 0.0214. The van der Waals surface area contributed by atoms with Gasteiger partial charge in [-0.15, -0.1) is 0 Å². The molecule has 0 spiro atoms. The Hall–Kier alpha value is -2.24. The largest absolute Gasteiger partial charge is 0.301 e. The van der Waals surface area contributed by atoms with Gasteiger partial charge in [-0.25, -0.2) is 0 Å². The van der Waals surface area contributed by atoms with Gasteiger partial charge in [0.1, 0.15) is 6.29 Å². The molecule has 6 heteroatoms. The smallest absolute Gasteiger partial charge is 0.270 e. The average Bonchev–Trinajstić information content (AvgIpc) is 2.61. The third-order valence-electron chi connectivity index (χ3n) is 2.08. The highest BCUT2D eigenvalue weighted by Crippen LogP contribution is 2.20. The Morgan fingerprint density at radius 3 is 3.00 bits per heavy atom. The number of hydrogen-bond acceptors (Lipinski definition) is 4. The molecule has 0 saturated carbocycles. The van der Waals surface area contributed by atoms with Crippen LogP contribution in [0.4, 0.5) is 5.69 Å². The number of fused-ring (bicyclic) bond motifs is 1. The Bertz CT molecular complexity index is 532. The minimum Gasteiger partial charge on any atom is -0.301 e. The van der Waals surface area contributed by atoms with Gasteiger partial charge in [-0.1, -0.05) is 0 Å². The van der Waals surface area contributed by atoms with Gasteiger partial charge in [-0.05, 0) is 6.07 Å². The quantitative estimate of drug-likeness (QED) is 0.427. The Labute approximate surface area is 84.3 Å². The Morgan fingerprint density at radius 1 is 1.53 bits per heavy atom. The second kappa shape index (κ2) is 3.49. The summed E-state index contributed by atoms with van der Waals surface area (Å²) in [4.78, 5) is 20.4. The highest BCUT2D eigenvalue weighted by atomic mass is 16.6. The highest BCUT2D eigenvalue weighted by molar-refractivity contribution is 5.81. The van der Waals surface area contributed by atoms with Crippen molar-refractivity contribution in [3.05, 3.63) is 34.5 Å². The van der Waals surface area contributed by atoms with Crippen molar-refractivity contribution in [2.45, 2.75) is 6.54 Å². The van der Waals surface area contributed by atoms with E-state index in [0.717, 1.165) is 6.29 Å². The first-order valence-electron chi connectivity index (χ1n) is 4.26. The number of nitrogens with zero attached hydrogens (tertiary/aromatic N) is 3. The van der Waals surface area contributed by atoms with E-state index in [1.54, 1.807) is 6.07 Å². The third kappa shape index (κ3) is 1.56. The maximum Gasteiger partial charge on any atom is 0.270 e. The van der Waals surface area contributed by atoms with E-state index >= 15 is 0 Å². The van der Waals surface area contributed by atoms with Gasteiger partial charge in [0.05, 0.1) is 23.2 Å². The van der Waals surface area contributed by atoms with Crippen molar-refractivity contribution in [1.29, 1.82) is 0 Å². The predicted molar refractivity (Wildman–Crippen MR) is 52.5 cm³/mol. The van der Waals surface area contributed by atoms with Crippen LogP contribution in [-0.2, 0) is 11.3 Å². The second-order valence-electron chi connectivity index (χ2n) is 2.99. The lowest BCUT2D eigenvalue weighted by Crippen LogP contribution is -1.99. The van der Waals surface area contributed by atoms with E-state index in [1.165, 1.54) is 23.0 Å². The predicted octanol–water partition coefficient (Wildman–Crippen LogP) is 1.14. The normalized spacial score (nSPS) is 10.4. The van der Waals surface area contributed by atoms with Crippen LogP contribution in [0.5, 0.6) is 0 Å².